The fourth-order valence-corrected chi connectivity index (χ4v) is 6.44. The van der Waals surface area contributed by atoms with Crippen LogP contribution in [-0.2, 0) is 41.7 Å². The van der Waals surface area contributed by atoms with Crippen molar-refractivity contribution in [3.63, 3.8) is 0 Å². The number of fused-ring (bicyclic) bond motifs is 1. The molecule has 5 N–H and O–H groups in total. The molecule has 3 aromatic heterocycles. The number of nitrogens with two attached hydrogens (primary N) is 1. The summed E-state index contributed by atoms with van der Waals surface area (Å²) < 4.78 is 45.7. The number of sulfone groups is 1. The molecular formula is C33H35N7O11S. The summed E-state index contributed by atoms with van der Waals surface area (Å²) in [7, 11) is -4.29. The molecule has 1 amide bonds. The minimum atomic E-state index is -4.29. The van der Waals surface area contributed by atoms with Gasteiger partial charge in [-0.15, -0.1) is 0 Å². The van der Waals surface area contributed by atoms with Gasteiger partial charge in [0.25, 0.3) is 21.3 Å². The third-order valence-electron chi connectivity index (χ3n) is 7.70. The van der Waals surface area contributed by atoms with Gasteiger partial charge in [-0.05, 0) is 66.5 Å². The molecule has 1 atom stereocenters. The van der Waals surface area contributed by atoms with Crippen LogP contribution < -0.4 is 26.2 Å². The summed E-state index contributed by atoms with van der Waals surface area (Å²) in [5, 5.41) is 17.6. The number of hydrogen-bond acceptors (Lipinski definition) is 14. The fourth-order valence-electron chi connectivity index (χ4n) is 5.14. The number of anilines is 1. The maximum absolute atomic E-state index is 13.0. The van der Waals surface area contributed by atoms with Crippen molar-refractivity contribution < 1.29 is 46.5 Å². The van der Waals surface area contributed by atoms with Gasteiger partial charge in [-0.1, -0.05) is 30.3 Å². The lowest BCUT2D eigenvalue weighted by molar-refractivity contribution is -0.832. The number of aromatic amines is 2. The van der Waals surface area contributed by atoms with Gasteiger partial charge in [-0.2, -0.15) is 4.98 Å². The molecule has 3 heterocycles. The molecule has 0 aliphatic rings. The van der Waals surface area contributed by atoms with Gasteiger partial charge in [-0.3, -0.25) is 24.0 Å². The molecule has 18 nitrogen and oxygen atoms in total. The van der Waals surface area contributed by atoms with Crippen molar-refractivity contribution in [2.45, 2.75) is 55.0 Å². The van der Waals surface area contributed by atoms with Gasteiger partial charge in [0.15, 0.2) is 0 Å². The number of hydrogen-bond donors (Lipinski definition) is 4. The number of H-pyrrole nitrogens is 2. The molecule has 0 fully saturated rings. The maximum Gasteiger partial charge on any atom is 0.414 e. The number of amides is 1. The highest BCUT2D eigenvalue weighted by atomic mass is 32.2. The van der Waals surface area contributed by atoms with E-state index in [0.717, 1.165) is 11.1 Å². The van der Waals surface area contributed by atoms with E-state index in [9.17, 15) is 32.8 Å². The van der Waals surface area contributed by atoms with Crippen molar-refractivity contribution in [3.8, 4) is 5.88 Å². The van der Waals surface area contributed by atoms with Crippen molar-refractivity contribution in [1.29, 1.82) is 0 Å². The maximum atomic E-state index is 13.0. The number of esters is 2. The lowest BCUT2D eigenvalue weighted by Gasteiger charge is -2.17. The summed E-state index contributed by atoms with van der Waals surface area (Å²) in [5.74, 6) is -2.47. The second-order valence-electron chi connectivity index (χ2n) is 11.3. The standard InChI is InChI=1S/C33H35N7O11S/c1-2-48-32(44)24(36-28(42)21-12-9-20(10-13-21)11-14-22-19-35-27-26(22)29(43)38-33(34)37-27)15-16-25(41)49-17-6-18-50-30-31(40(45)51-39-30)52(46,47)23-7-4-3-5-8-23/h3-5,7-10,12-13,19,24H,2,6,11,14-18H2,1H3,(H,36,42)(H4,34,35,37,38,43)/t24-/m0/s1. The van der Waals surface area contributed by atoms with Gasteiger partial charge in [0, 0.05) is 24.6 Å². The molecule has 5 rings (SSSR count). The number of aromatic nitrogens is 5. The number of rotatable bonds is 17. The van der Waals surface area contributed by atoms with E-state index in [1.54, 1.807) is 43.5 Å². The summed E-state index contributed by atoms with van der Waals surface area (Å²) in [4.78, 5) is 59.5. The second-order valence-corrected chi connectivity index (χ2v) is 13.1. The van der Waals surface area contributed by atoms with Crippen LogP contribution in [-0.4, -0.2) is 72.2 Å². The van der Waals surface area contributed by atoms with Gasteiger partial charge in [0.05, 0.1) is 35.3 Å². The normalized spacial score (nSPS) is 11.9. The van der Waals surface area contributed by atoms with Crippen molar-refractivity contribution in [1.82, 2.24) is 25.4 Å². The Kier molecular flexibility index (Phi) is 11.9. The fraction of sp³-hybridized carbons (Fsp3) is 0.303. The van der Waals surface area contributed by atoms with Crippen LogP contribution in [0, 0.1) is 5.21 Å². The number of benzene rings is 2. The van der Waals surface area contributed by atoms with E-state index >= 15 is 0 Å². The Balaban J connectivity index is 1.08. The zero-order chi connectivity index (χ0) is 37.3. The largest absolute Gasteiger partial charge is 0.466 e. The van der Waals surface area contributed by atoms with Gasteiger partial charge in [0.2, 0.25) is 5.95 Å². The number of nitrogens with zero attached hydrogens (tertiary/aromatic N) is 3. The molecule has 2 aromatic carbocycles. The van der Waals surface area contributed by atoms with E-state index in [1.807, 2.05) is 0 Å². The number of aryl methyl sites for hydroxylation is 2. The predicted molar refractivity (Wildman–Crippen MR) is 181 cm³/mol. The van der Waals surface area contributed by atoms with Crippen LogP contribution in [0.2, 0.25) is 0 Å². The predicted octanol–water partition coefficient (Wildman–Crippen LogP) is 1.53. The van der Waals surface area contributed by atoms with Crippen molar-refractivity contribution in [3.05, 3.63) is 93.0 Å². The Morgan fingerprint density at radius 3 is 2.54 bits per heavy atom. The highest BCUT2D eigenvalue weighted by Gasteiger charge is 2.35. The molecule has 0 aliphatic carbocycles. The highest BCUT2D eigenvalue weighted by molar-refractivity contribution is 7.91. The first-order valence-electron chi connectivity index (χ1n) is 16.1. The van der Waals surface area contributed by atoms with Crippen LogP contribution in [0.3, 0.4) is 0 Å². The lowest BCUT2D eigenvalue weighted by Crippen LogP contribution is -2.42. The molecule has 19 heteroatoms. The average molecular weight is 738 g/mol. The minimum absolute atomic E-state index is 0.0191. The first kappa shape index (κ1) is 37.0. The van der Waals surface area contributed by atoms with Crippen molar-refractivity contribution in [2.75, 3.05) is 25.6 Å². The van der Waals surface area contributed by atoms with E-state index in [1.165, 1.54) is 24.3 Å². The topological polar surface area (TPSA) is 266 Å². The molecule has 0 unspecified atom stereocenters. The average Bonchev–Trinajstić information content (AvgIpc) is 3.72. The van der Waals surface area contributed by atoms with Crippen LogP contribution >= 0.6 is 0 Å². The molecule has 274 valence electrons. The van der Waals surface area contributed by atoms with Gasteiger partial charge in [0.1, 0.15) is 11.7 Å². The van der Waals surface area contributed by atoms with Gasteiger partial charge >= 0.3 is 22.8 Å². The zero-order valence-corrected chi connectivity index (χ0v) is 28.6. The number of nitrogens with one attached hydrogen (secondary N) is 3. The van der Waals surface area contributed by atoms with Gasteiger partial charge < -0.3 is 35.5 Å². The number of nitrogen functional groups attached to an aromatic ring is 1. The number of carbonyl (C=O) groups is 3. The molecule has 5 aromatic rings. The molecule has 0 spiro atoms. The van der Waals surface area contributed by atoms with Gasteiger partial charge in [-0.25, -0.2) is 13.2 Å². The zero-order valence-electron chi connectivity index (χ0n) is 27.8. The Morgan fingerprint density at radius 2 is 1.81 bits per heavy atom. The van der Waals surface area contributed by atoms with E-state index in [4.69, 9.17) is 19.9 Å². The van der Waals surface area contributed by atoms with E-state index in [-0.39, 0.29) is 66.0 Å². The highest BCUT2D eigenvalue weighted by Crippen LogP contribution is 2.25. The second kappa shape index (κ2) is 16.6. The van der Waals surface area contributed by atoms with Crippen LogP contribution in [0.15, 0.2) is 80.1 Å². The third kappa shape index (κ3) is 8.91. The monoisotopic (exact) mass is 737 g/mol. The van der Waals surface area contributed by atoms with Crippen LogP contribution in [0.4, 0.5) is 5.95 Å². The molecule has 0 radical (unpaired) electrons. The molecular weight excluding hydrogens is 702 g/mol. The molecule has 0 aliphatic heterocycles. The number of carbonyl (C=O) groups excluding carboxylic acids is 3. The van der Waals surface area contributed by atoms with Crippen molar-refractivity contribution in [2.24, 2.45) is 0 Å². The Labute approximate surface area is 295 Å². The Bertz CT molecular complexity index is 2200. The quantitative estimate of drug-likeness (QED) is 0.0599. The van der Waals surface area contributed by atoms with E-state index in [2.05, 4.69) is 30.1 Å². The van der Waals surface area contributed by atoms with E-state index in [0.29, 0.717) is 23.9 Å². The van der Waals surface area contributed by atoms with Crippen LogP contribution in [0.1, 0.15) is 47.7 Å². The SMILES string of the molecule is CCOC(=O)[C@H](CCC(=O)OCCCOc1no[n+]([O-])c1S(=O)(=O)c1ccccc1)NC(=O)c1ccc(CCc2c[nH]c3nc(N)[nH]c(=O)c23)cc1. The van der Waals surface area contributed by atoms with E-state index < -0.39 is 44.6 Å². The molecule has 52 heavy (non-hydrogen) atoms. The summed E-state index contributed by atoms with van der Waals surface area (Å²) in [6.45, 7) is 1.36. The van der Waals surface area contributed by atoms with Crippen LogP contribution in [0.5, 0.6) is 5.88 Å². The van der Waals surface area contributed by atoms with Crippen LogP contribution in [0.25, 0.3) is 11.0 Å². The lowest BCUT2D eigenvalue weighted by atomic mass is 10.0. The molecule has 0 saturated heterocycles. The smallest absolute Gasteiger partial charge is 0.414 e. The summed E-state index contributed by atoms with van der Waals surface area (Å²) in [6, 6.07) is 12.8. The summed E-state index contributed by atoms with van der Waals surface area (Å²) in [5.41, 5.74) is 7.61. The summed E-state index contributed by atoms with van der Waals surface area (Å²) >= 11 is 0. The molecule has 0 saturated carbocycles. The van der Waals surface area contributed by atoms with Crippen molar-refractivity contribution >= 4 is 44.7 Å². The first-order valence-corrected chi connectivity index (χ1v) is 17.6. The minimum Gasteiger partial charge on any atom is -0.466 e. The Hall–Kier alpha value is -6.24. The third-order valence-corrected chi connectivity index (χ3v) is 9.43. The summed E-state index contributed by atoms with van der Waals surface area (Å²) in [6.07, 6.45) is 2.56. The number of ether oxygens (including phenoxy) is 3. The Morgan fingerprint density at radius 1 is 1.06 bits per heavy atom. The first-order chi connectivity index (χ1) is 25.0. The molecule has 0 bridgehead atoms.